The maximum Gasteiger partial charge on any atom is 0.415 e. The molecule has 1 saturated heterocycles. The second-order valence-corrected chi connectivity index (χ2v) is 8.77. The van der Waals surface area contributed by atoms with E-state index < -0.39 is 24.1 Å². The molecule has 2 atom stereocenters. The van der Waals surface area contributed by atoms with Crippen molar-refractivity contribution in [2.75, 3.05) is 13.7 Å². The van der Waals surface area contributed by atoms with Crippen molar-refractivity contribution in [1.29, 1.82) is 5.26 Å². The lowest BCUT2D eigenvalue weighted by molar-refractivity contribution is -0.271. The lowest BCUT2D eigenvalue weighted by Gasteiger charge is -2.36. The number of ether oxygens (including phenoxy) is 2. The van der Waals surface area contributed by atoms with Gasteiger partial charge in [-0.1, -0.05) is 36.4 Å². The first kappa shape index (κ1) is 24.8. The summed E-state index contributed by atoms with van der Waals surface area (Å²) in [5, 5.41) is 14.3. The van der Waals surface area contributed by atoms with Crippen LogP contribution in [0.2, 0.25) is 0 Å². The average molecular weight is 503 g/mol. The van der Waals surface area contributed by atoms with E-state index in [2.05, 4.69) is 5.10 Å². The summed E-state index contributed by atoms with van der Waals surface area (Å²) in [7, 11) is 1.40. The zero-order valence-electron chi connectivity index (χ0n) is 18.6. The molecule has 1 aliphatic heterocycles. The van der Waals surface area contributed by atoms with E-state index in [9.17, 15) is 23.2 Å². The van der Waals surface area contributed by atoms with Gasteiger partial charge >= 0.3 is 6.18 Å². The largest absolute Gasteiger partial charge is 0.496 e. The van der Waals surface area contributed by atoms with Crippen molar-refractivity contribution >= 4 is 17.7 Å². The number of aromatic nitrogens is 2. The molecular formula is C24H21F3N4O3S. The normalized spacial score (nSPS) is 17.5. The van der Waals surface area contributed by atoms with Gasteiger partial charge in [-0.3, -0.25) is 4.79 Å². The van der Waals surface area contributed by atoms with E-state index in [0.29, 0.717) is 12.3 Å². The number of hydrogen-bond donors (Lipinski definition) is 1. The van der Waals surface area contributed by atoms with Crippen molar-refractivity contribution in [1.82, 2.24) is 9.78 Å². The van der Waals surface area contributed by atoms with E-state index >= 15 is 0 Å². The molecule has 35 heavy (non-hydrogen) atoms. The van der Waals surface area contributed by atoms with Crippen LogP contribution in [-0.4, -0.2) is 41.7 Å². The Balaban J connectivity index is 1.76. The fourth-order valence-electron chi connectivity index (χ4n) is 3.75. The summed E-state index contributed by atoms with van der Waals surface area (Å²) in [5.41, 5.74) is 7.45. The van der Waals surface area contributed by atoms with Gasteiger partial charge in [0.25, 0.3) is 5.91 Å². The Morgan fingerprint density at radius 1 is 1.26 bits per heavy atom. The molecule has 4 rings (SSSR count). The van der Waals surface area contributed by atoms with E-state index in [1.54, 1.807) is 18.2 Å². The summed E-state index contributed by atoms with van der Waals surface area (Å²) in [6.45, 7) is 0.142. The standard InChI is InChI=1S/C24H21F3N4O3S/c1-33-19-5-3-2-4-16(19)22(32)31-23(35-13-15-8-6-14(10-28)7-9-15)17(11-29)20(30-31)18-12-34-21(18)24(25,26)27/h2-9,18,21H,10,12-13,28H2,1H3. The Morgan fingerprint density at radius 2 is 1.94 bits per heavy atom. The molecule has 1 aromatic heterocycles. The third kappa shape index (κ3) is 4.91. The third-order valence-corrected chi connectivity index (χ3v) is 6.77. The molecule has 182 valence electrons. The maximum atomic E-state index is 13.5. The van der Waals surface area contributed by atoms with Gasteiger partial charge in [0.05, 0.1) is 30.9 Å². The molecule has 0 aliphatic carbocycles. The fraction of sp³-hybridized carbons (Fsp3) is 0.292. The average Bonchev–Trinajstić information content (AvgIpc) is 3.18. The van der Waals surface area contributed by atoms with Crippen LogP contribution in [0.5, 0.6) is 5.75 Å². The number of thioether (sulfide) groups is 1. The number of rotatable bonds is 7. The van der Waals surface area contributed by atoms with E-state index in [4.69, 9.17) is 15.2 Å². The highest BCUT2D eigenvalue weighted by Crippen LogP contribution is 2.43. The lowest BCUT2D eigenvalue weighted by Crippen LogP contribution is -2.48. The topological polar surface area (TPSA) is 103 Å². The van der Waals surface area contributed by atoms with Crippen LogP contribution in [0.3, 0.4) is 0 Å². The van der Waals surface area contributed by atoms with Crippen LogP contribution in [-0.2, 0) is 17.0 Å². The smallest absolute Gasteiger partial charge is 0.415 e. The molecule has 1 fully saturated rings. The number of alkyl halides is 3. The van der Waals surface area contributed by atoms with Gasteiger partial charge in [-0.15, -0.1) is 11.8 Å². The number of nitrogens with two attached hydrogens (primary N) is 1. The molecule has 7 nitrogen and oxygen atoms in total. The Labute approximate surface area is 203 Å². The first-order chi connectivity index (χ1) is 16.8. The minimum Gasteiger partial charge on any atom is -0.496 e. The van der Waals surface area contributed by atoms with E-state index in [-0.39, 0.29) is 34.2 Å². The molecule has 0 amide bonds. The Bertz CT molecular complexity index is 1270. The van der Waals surface area contributed by atoms with E-state index in [1.165, 1.54) is 13.2 Å². The van der Waals surface area contributed by atoms with Gasteiger partial charge in [0.2, 0.25) is 0 Å². The Morgan fingerprint density at radius 3 is 2.51 bits per heavy atom. The van der Waals surface area contributed by atoms with Crippen LogP contribution in [0.4, 0.5) is 13.2 Å². The molecule has 2 N–H and O–H groups in total. The summed E-state index contributed by atoms with van der Waals surface area (Å²) in [5.74, 6) is -1.16. The summed E-state index contributed by atoms with van der Waals surface area (Å²) in [6.07, 6.45) is -6.70. The lowest BCUT2D eigenvalue weighted by atomic mass is 9.92. The van der Waals surface area contributed by atoms with Gasteiger partial charge in [-0.05, 0) is 23.3 Å². The number of methoxy groups -OCH3 is 1. The van der Waals surface area contributed by atoms with Crippen molar-refractivity contribution in [2.24, 2.45) is 5.73 Å². The molecule has 2 aromatic carbocycles. The number of benzene rings is 2. The zero-order valence-corrected chi connectivity index (χ0v) is 19.4. The maximum absolute atomic E-state index is 13.5. The second-order valence-electron chi connectivity index (χ2n) is 7.81. The van der Waals surface area contributed by atoms with Gasteiger partial charge in [-0.25, -0.2) is 0 Å². The number of nitriles is 1. The number of nitrogens with zero attached hydrogens (tertiary/aromatic N) is 3. The number of halogens is 3. The van der Waals surface area contributed by atoms with Crippen molar-refractivity contribution in [3.05, 3.63) is 76.5 Å². The van der Waals surface area contributed by atoms with Gasteiger partial charge in [-0.2, -0.15) is 28.2 Å². The summed E-state index contributed by atoms with van der Waals surface area (Å²) >= 11 is 1.15. The summed E-state index contributed by atoms with van der Waals surface area (Å²) in [6, 6.07) is 15.9. The molecule has 11 heteroatoms. The molecule has 0 saturated carbocycles. The third-order valence-electron chi connectivity index (χ3n) is 5.64. The molecule has 2 heterocycles. The monoisotopic (exact) mass is 502 g/mol. The van der Waals surface area contributed by atoms with Crippen molar-refractivity contribution in [3.63, 3.8) is 0 Å². The molecule has 0 spiro atoms. The first-order valence-corrected chi connectivity index (χ1v) is 11.6. The highest BCUT2D eigenvalue weighted by Gasteiger charge is 2.54. The predicted octanol–water partition coefficient (Wildman–Crippen LogP) is 4.25. The van der Waals surface area contributed by atoms with E-state index in [0.717, 1.165) is 27.6 Å². The van der Waals surface area contributed by atoms with Crippen LogP contribution < -0.4 is 10.5 Å². The highest BCUT2D eigenvalue weighted by atomic mass is 32.2. The molecule has 2 unspecified atom stereocenters. The van der Waals surface area contributed by atoms with Gasteiger partial charge in [0.1, 0.15) is 22.4 Å². The molecule has 0 bridgehead atoms. The van der Waals surface area contributed by atoms with Crippen LogP contribution in [0.15, 0.2) is 53.6 Å². The minimum atomic E-state index is -4.62. The zero-order chi connectivity index (χ0) is 25.2. The van der Waals surface area contributed by atoms with Crippen LogP contribution in [0.25, 0.3) is 0 Å². The summed E-state index contributed by atoms with van der Waals surface area (Å²) in [4.78, 5) is 13.5. The van der Waals surface area contributed by atoms with Crippen molar-refractivity contribution in [2.45, 2.75) is 35.5 Å². The number of carbonyl (C=O) groups excluding carboxylic acids is 1. The number of carbonyl (C=O) groups is 1. The highest BCUT2D eigenvalue weighted by molar-refractivity contribution is 7.98. The van der Waals surface area contributed by atoms with Crippen molar-refractivity contribution < 1.29 is 27.4 Å². The Hall–Kier alpha value is -3.33. The second kappa shape index (κ2) is 10.1. The van der Waals surface area contributed by atoms with E-state index in [1.807, 2.05) is 30.3 Å². The summed E-state index contributed by atoms with van der Waals surface area (Å²) < 4.78 is 51.2. The molecule has 1 aliphatic rings. The van der Waals surface area contributed by atoms with Gasteiger partial charge in [0, 0.05) is 12.3 Å². The van der Waals surface area contributed by atoms with Crippen LogP contribution in [0.1, 0.15) is 38.7 Å². The van der Waals surface area contributed by atoms with Gasteiger partial charge in [0.15, 0.2) is 6.10 Å². The SMILES string of the molecule is COc1ccccc1C(=O)n1nc(C2COC2C(F)(F)F)c(C#N)c1SCc1ccc(CN)cc1. The fourth-order valence-corrected chi connectivity index (χ4v) is 4.78. The Kier molecular flexibility index (Phi) is 7.16. The van der Waals surface area contributed by atoms with Crippen molar-refractivity contribution in [3.8, 4) is 11.8 Å². The first-order valence-electron chi connectivity index (χ1n) is 10.6. The van der Waals surface area contributed by atoms with Gasteiger partial charge < -0.3 is 15.2 Å². The molecule has 0 radical (unpaired) electrons. The molecular weight excluding hydrogens is 481 g/mol. The minimum absolute atomic E-state index is 0.0700. The van der Waals surface area contributed by atoms with Crippen LogP contribution >= 0.6 is 11.8 Å². The number of para-hydroxylation sites is 1. The van der Waals surface area contributed by atoms with Crippen LogP contribution in [0, 0.1) is 11.3 Å². The molecule has 3 aromatic rings. The predicted molar refractivity (Wildman–Crippen MR) is 122 cm³/mol. The quantitative estimate of drug-likeness (QED) is 0.482. The number of hydrogen-bond acceptors (Lipinski definition) is 7.